The molecule has 2 heterocycles. The fraction of sp³-hybridized carbons (Fsp3) is 0.458. The highest BCUT2D eigenvalue weighted by molar-refractivity contribution is 5.94. The van der Waals surface area contributed by atoms with E-state index in [1.54, 1.807) is 0 Å². The van der Waals surface area contributed by atoms with Crippen molar-refractivity contribution >= 4 is 5.91 Å². The second-order valence-corrected chi connectivity index (χ2v) is 7.95. The Morgan fingerprint density at radius 2 is 1.62 bits per heavy atom. The van der Waals surface area contributed by atoms with Crippen LogP contribution in [0.2, 0.25) is 0 Å². The van der Waals surface area contributed by atoms with Gasteiger partial charge in [0.2, 0.25) is 0 Å². The lowest BCUT2D eigenvalue weighted by atomic mass is 10.0. The minimum Gasteiger partial charge on any atom is -0.379 e. The zero-order chi connectivity index (χ0) is 19.9. The molecule has 5 nitrogen and oxygen atoms in total. The molecule has 29 heavy (non-hydrogen) atoms. The largest absolute Gasteiger partial charge is 0.379 e. The lowest BCUT2D eigenvalue weighted by Crippen LogP contribution is -2.41. The predicted octanol–water partition coefficient (Wildman–Crippen LogP) is 3.09. The van der Waals surface area contributed by atoms with Crippen LogP contribution in [0.25, 0.3) is 0 Å². The minimum atomic E-state index is 0.163. The summed E-state index contributed by atoms with van der Waals surface area (Å²) in [5.74, 6) is 0.163. The zero-order valence-electron chi connectivity index (χ0n) is 17.1. The number of nitrogens with zero attached hydrogens (tertiary/aromatic N) is 2. The number of amides is 1. The fourth-order valence-electron chi connectivity index (χ4n) is 4.12. The molecule has 0 aromatic heterocycles. The summed E-state index contributed by atoms with van der Waals surface area (Å²) in [4.78, 5) is 16.9. The van der Waals surface area contributed by atoms with E-state index in [2.05, 4.69) is 52.7 Å². The van der Waals surface area contributed by atoms with Gasteiger partial charge in [0.15, 0.2) is 0 Å². The van der Waals surface area contributed by atoms with Gasteiger partial charge in [-0.15, -0.1) is 0 Å². The van der Waals surface area contributed by atoms with Crippen molar-refractivity contribution in [2.45, 2.75) is 25.4 Å². The van der Waals surface area contributed by atoms with Crippen LogP contribution in [0.5, 0.6) is 0 Å². The highest BCUT2D eigenvalue weighted by atomic mass is 16.5. The number of ether oxygens (including phenoxy) is 1. The third-order valence-corrected chi connectivity index (χ3v) is 5.89. The average molecular weight is 394 g/mol. The molecule has 1 amide bonds. The van der Waals surface area contributed by atoms with Crippen LogP contribution in [-0.4, -0.2) is 61.6 Å². The van der Waals surface area contributed by atoms with Gasteiger partial charge in [-0.05, 0) is 36.1 Å². The minimum absolute atomic E-state index is 0.163. The molecular weight excluding hydrogens is 362 g/mol. The van der Waals surface area contributed by atoms with E-state index < -0.39 is 0 Å². The first-order chi connectivity index (χ1) is 14.3. The summed E-state index contributed by atoms with van der Waals surface area (Å²) in [5.41, 5.74) is 3.30. The van der Waals surface area contributed by atoms with Gasteiger partial charge in [0.1, 0.15) is 0 Å². The van der Waals surface area contributed by atoms with E-state index in [1.807, 2.05) is 17.0 Å². The molecule has 2 aliphatic heterocycles. The van der Waals surface area contributed by atoms with E-state index in [0.717, 1.165) is 70.9 Å². The van der Waals surface area contributed by atoms with Gasteiger partial charge in [0.25, 0.3) is 5.91 Å². The number of benzene rings is 2. The molecule has 1 N–H and O–H groups in total. The molecule has 5 heteroatoms. The number of morpholine rings is 1. The normalized spacial score (nSPS) is 18.7. The molecule has 2 aromatic rings. The van der Waals surface area contributed by atoms with Gasteiger partial charge < -0.3 is 15.0 Å². The summed E-state index contributed by atoms with van der Waals surface area (Å²) >= 11 is 0. The Morgan fingerprint density at radius 1 is 0.931 bits per heavy atom. The first-order valence-corrected chi connectivity index (χ1v) is 10.8. The van der Waals surface area contributed by atoms with E-state index in [-0.39, 0.29) is 11.9 Å². The maximum absolute atomic E-state index is 12.5. The van der Waals surface area contributed by atoms with E-state index in [0.29, 0.717) is 0 Å². The van der Waals surface area contributed by atoms with Gasteiger partial charge in [-0.1, -0.05) is 42.5 Å². The van der Waals surface area contributed by atoms with E-state index in [9.17, 15) is 4.79 Å². The third-order valence-electron chi connectivity index (χ3n) is 5.89. The highest BCUT2D eigenvalue weighted by Crippen LogP contribution is 2.17. The first-order valence-electron chi connectivity index (χ1n) is 10.8. The molecule has 4 rings (SSSR count). The van der Waals surface area contributed by atoms with Gasteiger partial charge in [-0.25, -0.2) is 0 Å². The fourth-order valence-corrected chi connectivity index (χ4v) is 4.12. The van der Waals surface area contributed by atoms with Crippen LogP contribution in [-0.2, 0) is 11.3 Å². The summed E-state index contributed by atoms with van der Waals surface area (Å²) in [5, 5.41) is 3.73. The van der Waals surface area contributed by atoms with Crippen molar-refractivity contribution in [3.8, 4) is 0 Å². The second kappa shape index (κ2) is 10.0. The Hall–Kier alpha value is -2.21. The molecule has 2 aromatic carbocycles. The van der Waals surface area contributed by atoms with Crippen molar-refractivity contribution in [1.29, 1.82) is 0 Å². The topological polar surface area (TPSA) is 44.8 Å². The maximum atomic E-state index is 12.5. The van der Waals surface area contributed by atoms with E-state index >= 15 is 0 Å². The van der Waals surface area contributed by atoms with Gasteiger partial charge in [0.05, 0.1) is 13.2 Å². The lowest BCUT2D eigenvalue weighted by molar-refractivity contribution is 0.0333. The third kappa shape index (κ3) is 5.44. The second-order valence-electron chi connectivity index (χ2n) is 7.95. The monoisotopic (exact) mass is 393 g/mol. The number of carbonyl (C=O) groups excluding carboxylic acids is 1. The Labute approximate surface area is 173 Å². The van der Waals surface area contributed by atoms with Gasteiger partial charge in [-0.3, -0.25) is 9.69 Å². The summed E-state index contributed by atoms with van der Waals surface area (Å²) in [6.45, 7) is 7.13. The molecule has 2 aliphatic rings. The smallest absolute Gasteiger partial charge is 0.253 e. The summed E-state index contributed by atoms with van der Waals surface area (Å²) < 4.78 is 5.49. The number of rotatable bonds is 7. The summed E-state index contributed by atoms with van der Waals surface area (Å²) in [6.07, 6.45) is 2.25. The average Bonchev–Trinajstić information content (AvgIpc) is 3.33. The predicted molar refractivity (Wildman–Crippen MR) is 115 cm³/mol. The molecule has 1 atom stereocenters. The van der Waals surface area contributed by atoms with Crippen molar-refractivity contribution < 1.29 is 9.53 Å². The number of nitrogens with one attached hydrogen (secondary N) is 1. The number of hydrogen-bond donors (Lipinski definition) is 1. The van der Waals surface area contributed by atoms with Crippen molar-refractivity contribution in [2.24, 2.45) is 0 Å². The van der Waals surface area contributed by atoms with Crippen LogP contribution < -0.4 is 5.32 Å². The molecule has 0 saturated carbocycles. The van der Waals surface area contributed by atoms with E-state index in [4.69, 9.17) is 4.74 Å². The standard InChI is InChI=1S/C24H31N3O2/c28-24(27-12-4-5-13-27)22-10-8-20(9-11-22)18-25-23(21-6-2-1-3-7-21)19-26-14-16-29-17-15-26/h1-3,6-11,23,25H,4-5,12-19H2. The first kappa shape index (κ1) is 20.1. The quantitative estimate of drug-likeness (QED) is 0.785. The van der Waals surface area contributed by atoms with Crippen LogP contribution in [0.4, 0.5) is 0 Å². The van der Waals surface area contributed by atoms with Crippen LogP contribution in [0, 0.1) is 0 Å². The zero-order valence-corrected chi connectivity index (χ0v) is 17.1. The van der Waals surface area contributed by atoms with Crippen molar-refractivity contribution in [3.05, 3.63) is 71.3 Å². The Morgan fingerprint density at radius 3 is 2.31 bits per heavy atom. The molecule has 154 valence electrons. The maximum Gasteiger partial charge on any atom is 0.253 e. The van der Waals surface area contributed by atoms with Crippen LogP contribution >= 0.6 is 0 Å². The Balaban J connectivity index is 1.38. The van der Waals surface area contributed by atoms with E-state index in [1.165, 1.54) is 11.1 Å². The van der Waals surface area contributed by atoms with Crippen LogP contribution in [0.3, 0.4) is 0 Å². The Kier molecular flexibility index (Phi) is 6.93. The van der Waals surface area contributed by atoms with Crippen LogP contribution in [0.15, 0.2) is 54.6 Å². The lowest BCUT2D eigenvalue weighted by Gasteiger charge is -2.31. The molecule has 0 spiro atoms. The van der Waals surface area contributed by atoms with Gasteiger partial charge in [-0.2, -0.15) is 0 Å². The summed E-state index contributed by atoms with van der Waals surface area (Å²) in [6, 6.07) is 19.0. The number of carbonyl (C=O) groups is 1. The molecule has 0 aliphatic carbocycles. The van der Waals surface area contributed by atoms with Gasteiger partial charge >= 0.3 is 0 Å². The molecule has 0 bridgehead atoms. The number of likely N-dealkylation sites (tertiary alicyclic amines) is 1. The Bertz CT molecular complexity index is 766. The molecule has 0 radical (unpaired) electrons. The number of hydrogen-bond acceptors (Lipinski definition) is 4. The van der Waals surface area contributed by atoms with Crippen LogP contribution in [0.1, 0.15) is 40.4 Å². The van der Waals surface area contributed by atoms with Crippen molar-refractivity contribution in [3.63, 3.8) is 0 Å². The SMILES string of the molecule is O=C(c1ccc(CNC(CN2CCOCC2)c2ccccc2)cc1)N1CCCC1. The van der Waals surface area contributed by atoms with Crippen molar-refractivity contribution in [2.75, 3.05) is 45.9 Å². The van der Waals surface area contributed by atoms with Crippen molar-refractivity contribution in [1.82, 2.24) is 15.1 Å². The summed E-state index contributed by atoms with van der Waals surface area (Å²) in [7, 11) is 0. The molecular formula is C24H31N3O2. The van der Waals surface area contributed by atoms with Gasteiger partial charge in [0, 0.05) is 50.9 Å². The molecule has 2 saturated heterocycles. The highest BCUT2D eigenvalue weighted by Gasteiger charge is 2.20. The molecule has 1 unspecified atom stereocenters. The molecule has 2 fully saturated rings.